The Morgan fingerprint density at radius 2 is 1.51 bits per heavy atom. The standard InChI is InChI=1S/C28H38N6O2S/c29-23-37-26-8-6-24(7-9-26)10-15-31-11-2-12-33-19-18-32(17-16-31)13-3-14-34(21-20-33)22-25-4-1-5-27(30-25)28(35)36/h1,4-9H,2-3,10-22H2,(H,35,36). The summed E-state index contributed by atoms with van der Waals surface area (Å²) < 4.78 is 0. The van der Waals surface area contributed by atoms with Crippen molar-refractivity contribution in [3.63, 3.8) is 0 Å². The van der Waals surface area contributed by atoms with Crippen molar-refractivity contribution in [1.29, 1.82) is 5.26 Å². The molecule has 8 nitrogen and oxygen atoms in total. The second-order valence-corrected chi connectivity index (χ2v) is 10.8. The number of aromatic carboxylic acids is 1. The maximum atomic E-state index is 11.3. The van der Waals surface area contributed by atoms with Gasteiger partial charge in [-0.25, -0.2) is 9.78 Å². The summed E-state index contributed by atoms with van der Waals surface area (Å²) >= 11 is 1.21. The molecule has 0 amide bonds. The van der Waals surface area contributed by atoms with Gasteiger partial charge in [0, 0.05) is 57.3 Å². The van der Waals surface area contributed by atoms with Gasteiger partial charge < -0.3 is 19.8 Å². The molecule has 1 N–H and O–H groups in total. The lowest BCUT2D eigenvalue weighted by atomic mass is 10.1. The van der Waals surface area contributed by atoms with Gasteiger partial charge in [-0.05, 0) is 87.0 Å². The Balaban J connectivity index is 1.31. The number of thiocyanates is 1. The summed E-state index contributed by atoms with van der Waals surface area (Å²) in [5.74, 6) is -0.972. The zero-order valence-electron chi connectivity index (χ0n) is 21.6. The van der Waals surface area contributed by atoms with Crippen LogP contribution in [0, 0.1) is 10.7 Å². The average molecular weight is 523 g/mol. The predicted octanol–water partition coefficient (Wildman–Crippen LogP) is 3.11. The number of fused-ring (bicyclic) bond motifs is 3. The van der Waals surface area contributed by atoms with Crippen LogP contribution in [0.5, 0.6) is 0 Å². The molecule has 9 heteroatoms. The molecule has 4 rings (SSSR count). The van der Waals surface area contributed by atoms with Crippen LogP contribution in [0.4, 0.5) is 0 Å². The number of aromatic nitrogens is 1. The molecule has 37 heavy (non-hydrogen) atoms. The fraction of sp³-hybridized carbons (Fsp3) is 0.536. The molecule has 0 saturated carbocycles. The van der Waals surface area contributed by atoms with E-state index in [0.717, 1.165) is 95.4 Å². The van der Waals surface area contributed by atoms with E-state index in [2.05, 4.69) is 42.1 Å². The molecular formula is C28H38N6O2S. The highest BCUT2D eigenvalue weighted by molar-refractivity contribution is 8.03. The van der Waals surface area contributed by atoms with Gasteiger partial charge >= 0.3 is 5.97 Å². The number of carboxylic acid groups (broad SMARTS) is 1. The summed E-state index contributed by atoms with van der Waals surface area (Å²) in [5.41, 5.74) is 2.28. The molecule has 2 unspecified atom stereocenters. The number of hydrogen-bond acceptors (Lipinski definition) is 8. The van der Waals surface area contributed by atoms with Crippen molar-refractivity contribution in [3.05, 3.63) is 59.4 Å². The molecule has 2 saturated heterocycles. The second-order valence-electron chi connectivity index (χ2n) is 9.91. The van der Waals surface area contributed by atoms with Crippen LogP contribution in [0.3, 0.4) is 0 Å². The van der Waals surface area contributed by atoms with Crippen molar-refractivity contribution >= 4 is 17.7 Å². The van der Waals surface area contributed by atoms with Crippen molar-refractivity contribution < 1.29 is 9.90 Å². The third kappa shape index (κ3) is 9.09. The molecule has 1 aromatic heterocycles. The normalized spacial score (nSPS) is 22.2. The van der Waals surface area contributed by atoms with Gasteiger partial charge in [0.2, 0.25) is 0 Å². The number of benzene rings is 1. The highest BCUT2D eigenvalue weighted by Gasteiger charge is 2.19. The summed E-state index contributed by atoms with van der Waals surface area (Å²) in [4.78, 5) is 26.9. The SMILES string of the molecule is N#CSc1ccc(CCN2CCCN3CCN(CCCN(Cc4cccc(C(=O)O)n4)CC3)CC2)cc1. The first-order valence-electron chi connectivity index (χ1n) is 13.3. The molecule has 1 aromatic carbocycles. The number of carbonyl (C=O) groups is 1. The molecule has 0 radical (unpaired) electrons. The third-order valence-electron chi connectivity index (χ3n) is 7.31. The van der Waals surface area contributed by atoms with Crippen LogP contribution in [-0.2, 0) is 13.0 Å². The van der Waals surface area contributed by atoms with Crippen molar-refractivity contribution in [2.45, 2.75) is 30.7 Å². The predicted molar refractivity (Wildman–Crippen MR) is 147 cm³/mol. The number of nitrogens with zero attached hydrogens (tertiary/aromatic N) is 6. The number of thioether (sulfide) groups is 1. The largest absolute Gasteiger partial charge is 0.477 e. The minimum Gasteiger partial charge on any atom is -0.477 e. The third-order valence-corrected chi connectivity index (χ3v) is 7.91. The number of nitriles is 1. The Morgan fingerprint density at radius 1 is 0.865 bits per heavy atom. The molecule has 0 spiro atoms. The molecule has 3 heterocycles. The summed E-state index contributed by atoms with van der Waals surface area (Å²) in [5, 5.41) is 20.3. The Kier molecular flexibility index (Phi) is 10.8. The highest BCUT2D eigenvalue weighted by Crippen LogP contribution is 2.17. The molecule has 2 aliphatic heterocycles. The van der Waals surface area contributed by atoms with Gasteiger partial charge in [0.05, 0.1) is 5.69 Å². The molecule has 2 aliphatic rings. The van der Waals surface area contributed by atoms with Crippen LogP contribution in [-0.4, -0.2) is 108 Å². The van der Waals surface area contributed by atoms with E-state index in [1.807, 2.05) is 18.2 Å². The van der Waals surface area contributed by atoms with Crippen LogP contribution in [0.15, 0.2) is 47.4 Å². The fourth-order valence-electron chi connectivity index (χ4n) is 5.14. The van der Waals surface area contributed by atoms with Crippen LogP contribution in [0.25, 0.3) is 0 Å². The molecule has 2 bridgehead atoms. The molecular weight excluding hydrogens is 484 g/mol. The van der Waals surface area contributed by atoms with Gasteiger partial charge in [0.25, 0.3) is 0 Å². The lowest BCUT2D eigenvalue weighted by Crippen LogP contribution is -2.47. The van der Waals surface area contributed by atoms with Crippen LogP contribution in [0.2, 0.25) is 0 Å². The molecule has 2 aromatic rings. The van der Waals surface area contributed by atoms with Gasteiger partial charge in [-0.3, -0.25) is 4.90 Å². The molecule has 2 atom stereocenters. The molecule has 198 valence electrons. The first-order valence-corrected chi connectivity index (χ1v) is 14.1. The monoisotopic (exact) mass is 522 g/mol. The van der Waals surface area contributed by atoms with E-state index < -0.39 is 5.97 Å². The first kappa shape index (κ1) is 27.6. The van der Waals surface area contributed by atoms with Crippen molar-refractivity contribution in [1.82, 2.24) is 24.6 Å². The Hall–Kier alpha value is -2.48. The van der Waals surface area contributed by atoms with Gasteiger partial charge in [0.15, 0.2) is 0 Å². The quantitative estimate of drug-likeness (QED) is 0.435. The Morgan fingerprint density at radius 3 is 2.19 bits per heavy atom. The average Bonchev–Trinajstić information content (AvgIpc) is 2.91. The number of rotatable bonds is 7. The van der Waals surface area contributed by atoms with E-state index in [4.69, 9.17) is 5.26 Å². The van der Waals surface area contributed by atoms with Gasteiger partial charge in [-0.15, -0.1) is 0 Å². The Labute approximate surface area is 224 Å². The zero-order valence-corrected chi connectivity index (χ0v) is 22.4. The number of hydrogen-bond donors (Lipinski definition) is 1. The summed E-state index contributed by atoms with van der Waals surface area (Å²) in [7, 11) is 0. The molecule has 2 fully saturated rings. The van der Waals surface area contributed by atoms with Gasteiger partial charge in [-0.1, -0.05) is 18.2 Å². The van der Waals surface area contributed by atoms with E-state index >= 15 is 0 Å². The second kappa shape index (κ2) is 14.5. The smallest absolute Gasteiger partial charge is 0.354 e. The van der Waals surface area contributed by atoms with Crippen molar-refractivity contribution in [3.8, 4) is 5.40 Å². The van der Waals surface area contributed by atoms with Crippen LogP contribution in [0.1, 0.15) is 34.6 Å². The maximum absolute atomic E-state index is 11.3. The maximum Gasteiger partial charge on any atom is 0.354 e. The first-order chi connectivity index (χ1) is 18.1. The topological polar surface area (TPSA) is 86.9 Å². The molecule has 0 aliphatic carbocycles. The fourth-order valence-corrected chi connectivity index (χ4v) is 5.52. The number of carboxylic acids is 1. The van der Waals surface area contributed by atoms with E-state index in [9.17, 15) is 9.90 Å². The van der Waals surface area contributed by atoms with Gasteiger partial charge in [0.1, 0.15) is 11.1 Å². The van der Waals surface area contributed by atoms with Crippen molar-refractivity contribution in [2.24, 2.45) is 0 Å². The summed E-state index contributed by atoms with van der Waals surface area (Å²) in [6, 6.07) is 13.7. The Bertz CT molecular complexity index is 1040. The summed E-state index contributed by atoms with van der Waals surface area (Å²) in [6.07, 6.45) is 3.30. The van der Waals surface area contributed by atoms with Crippen LogP contribution >= 0.6 is 11.8 Å². The van der Waals surface area contributed by atoms with Crippen molar-refractivity contribution in [2.75, 3.05) is 72.0 Å². The minimum absolute atomic E-state index is 0.119. The van der Waals surface area contributed by atoms with Gasteiger partial charge in [-0.2, -0.15) is 5.26 Å². The highest BCUT2D eigenvalue weighted by atomic mass is 32.2. The van der Waals surface area contributed by atoms with E-state index in [1.165, 1.54) is 23.7 Å². The number of pyridine rings is 1. The van der Waals surface area contributed by atoms with E-state index in [1.54, 1.807) is 12.1 Å². The lowest BCUT2D eigenvalue weighted by molar-refractivity contribution is 0.0689. The zero-order chi connectivity index (χ0) is 25.9. The van der Waals surface area contributed by atoms with E-state index in [-0.39, 0.29) is 5.69 Å². The summed E-state index contributed by atoms with van der Waals surface area (Å²) in [6.45, 7) is 12.5. The lowest BCUT2D eigenvalue weighted by Gasteiger charge is -2.35. The van der Waals surface area contributed by atoms with Crippen LogP contribution < -0.4 is 0 Å². The minimum atomic E-state index is -0.972. The van der Waals surface area contributed by atoms with E-state index in [0.29, 0.717) is 6.54 Å².